The first-order valence-corrected chi connectivity index (χ1v) is 5.09. The molecule has 0 saturated carbocycles. The summed E-state index contributed by atoms with van der Waals surface area (Å²) in [6.45, 7) is 4.73. The highest BCUT2D eigenvalue weighted by Gasteiger charge is 2.35. The quantitative estimate of drug-likeness (QED) is 0.589. The second-order valence-electron chi connectivity index (χ2n) is 3.30. The maximum Gasteiger partial charge on any atom is 0.417 e. The summed E-state index contributed by atoms with van der Waals surface area (Å²) in [5.74, 6) is -0.695. The Balaban J connectivity index is 3.40. The number of ketones is 1. The van der Waals surface area contributed by atoms with Crippen molar-refractivity contribution in [3.63, 3.8) is 0 Å². The van der Waals surface area contributed by atoms with Gasteiger partial charge >= 0.3 is 6.18 Å². The molecular formula is C11H8BrF3O. The third kappa shape index (κ3) is 2.72. The van der Waals surface area contributed by atoms with Gasteiger partial charge in [0.15, 0.2) is 5.78 Å². The van der Waals surface area contributed by atoms with Crippen LogP contribution in [-0.2, 0) is 6.18 Å². The molecule has 0 aliphatic heterocycles. The standard InChI is InChI=1S/C11H8BrF3O/c1-6(2)10(16)8-4-3-7(12)5-9(8)11(13,14)15/h3-5H,1H2,2H3. The summed E-state index contributed by atoms with van der Waals surface area (Å²) in [7, 11) is 0. The molecule has 0 radical (unpaired) electrons. The Morgan fingerprint density at radius 1 is 1.38 bits per heavy atom. The van der Waals surface area contributed by atoms with Crippen LogP contribution in [0.4, 0.5) is 13.2 Å². The van der Waals surface area contributed by atoms with E-state index in [1.807, 2.05) is 0 Å². The minimum Gasteiger partial charge on any atom is -0.289 e. The molecule has 0 aliphatic carbocycles. The highest BCUT2D eigenvalue weighted by molar-refractivity contribution is 9.10. The van der Waals surface area contributed by atoms with Gasteiger partial charge in [0, 0.05) is 10.0 Å². The smallest absolute Gasteiger partial charge is 0.289 e. The Hall–Kier alpha value is -1.10. The van der Waals surface area contributed by atoms with Gasteiger partial charge in [0.25, 0.3) is 0 Å². The van der Waals surface area contributed by atoms with E-state index in [0.717, 1.165) is 12.1 Å². The van der Waals surface area contributed by atoms with Crippen molar-refractivity contribution in [2.75, 3.05) is 0 Å². The second-order valence-corrected chi connectivity index (χ2v) is 4.21. The van der Waals surface area contributed by atoms with Crippen LogP contribution in [0.3, 0.4) is 0 Å². The molecule has 1 aromatic rings. The van der Waals surface area contributed by atoms with Crippen LogP contribution in [0.2, 0.25) is 0 Å². The molecule has 0 N–H and O–H groups in total. The van der Waals surface area contributed by atoms with E-state index in [2.05, 4.69) is 22.5 Å². The van der Waals surface area contributed by atoms with Crippen LogP contribution >= 0.6 is 15.9 Å². The minimum atomic E-state index is -4.55. The lowest BCUT2D eigenvalue weighted by Crippen LogP contribution is -2.13. The fourth-order valence-corrected chi connectivity index (χ4v) is 1.54. The second kappa shape index (κ2) is 4.41. The zero-order chi connectivity index (χ0) is 12.5. The summed E-state index contributed by atoms with van der Waals surface area (Å²) in [5, 5.41) is 0. The highest BCUT2D eigenvalue weighted by Crippen LogP contribution is 2.34. The monoisotopic (exact) mass is 292 g/mol. The van der Waals surface area contributed by atoms with E-state index < -0.39 is 17.5 Å². The lowest BCUT2D eigenvalue weighted by atomic mass is 10.00. The van der Waals surface area contributed by atoms with Crippen molar-refractivity contribution in [3.8, 4) is 0 Å². The van der Waals surface area contributed by atoms with Crippen LogP contribution in [0.25, 0.3) is 0 Å². The van der Waals surface area contributed by atoms with Crippen molar-refractivity contribution >= 4 is 21.7 Å². The van der Waals surface area contributed by atoms with Crippen LogP contribution in [0.5, 0.6) is 0 Å². The molecule has 86 valence electrons. The van der Waals surface area contributed by atoms with Gasteiger partial charge < -0.3 is 0 Å². The van der Waals surface area contributed by atoms with Gasteiger partial charge in [-0.15, -0.1) is 0 Å². The fourth-order valence-electron chi connectivity index (χ4n) is 1.18. The number of benzene rings is 1. The molecule has 0 atom stereocenters. The molecule has 16 heavy (non-hydrogen) atoms. The maximum absolute atomic E-state index is 12.6. The Morgan fingerprint density at radius 3 is 2.38 bits per heavy atom. The van der Waals surface area contributed by atoms with Gasteiger partial charge in [-0.2, -0.15) is 13.2 Å². The van der Waals surface area contributed by atoms with Crippen molar-refractivity contribution in [2.24, 2.45) is 0 Å². The first-order chi connectivity index (χ1) is 7.23. The van der Waals surface area contributed by atoms with E-state index in [9.17, 15) is 18.0 Å². The Kier molecular flexibility index (Phi) is 3.57. The molecule has 1 aromatic carbocycles. The van der Waals surface area contributed by atoms with Crippen LogP contribution in [0, 0.1) is 0 Å². The number of allylic oxidation sites excluding steroid dienone is 1. The zero-order valence-electron chi connectivity index (χ0n) is 8.36. The number of hydrogen-bond donors (Lipinski definition) is 0. The maximum atomic E-state index is 12.6. The lowest BCUT2D eigenvalue weighted by molar-refractivity contribution is -0.137. The molecule has 5 heteroatoms. The van der Waals surface area contributed by atoms with E-state index in [-0.39, 0.29) is 15.6 Å². The SMILES string of the molecule is C=C(C)C(=O)c1ccc(Br)cc1C(F)(F)F. The number of carbonyl (C=O) groups excluding carboxylic acids is 1. The van der Waals surface area contributed by atoms with E-state index in [1.54, 1.807) is 0 Å². The summed E-state index contributed by atoms with van der Waals surface area (Å²) in [5.41, 5.74) is -1.24. The van der Waals surface area contributed by atoms with Crippen LogP contribution in [-0.4, -0.2) is 5.78 Å². The van der Waals surface area contributed by atoms with E-state index in [0.29, 0.717) is 0 Å². The van der Waals surface area contributed by atoms with Crippen LogP contribution < -0.4 is 0 Å². The van der Waals surface area contributed by atoms with Crippen LogP contribution in [0.1, 0.15) is 22.8 Å². The first kappa shape index (κ1) is 13.0. The van der Waals surface area contributed by atoms with Crippen molar-refractivity contribution in [2.45, 2.75) is 13.1 Å². The van der Waals surface area contributed by atoms with Gasteiger partial charge in [-0.1, -0.05) is 22.5 Å². The number of alkyl halides is 3. The number of carbonyl (C=O) groups is 1. The predicted molar refractivity (Wildman–Crippen MR) is 58.3 cm³/mol. The third-order valence-corrected chi connectivity index (χ3v) is 2.41. The molecule has 1 rings (SSSR count). The van der Waals surface area contributed by atoms with Gasteiger partial charge in [0.1, 0.15) is 0 Å². The van der Waals surface area contributed by atoms with Gasteiger partial charge in [0.05, 0.1) is 5.56 Å². The predicted octanol–water partition coefficient (Wildman–Crippen LogP) is 4.23. The zero-order valence-corrected chi connectivity index (χ0v) is 9.95. The minimum absolute atomic E-state index is 0.0767. The number of rotatable bonds is 2. The average Bonchev–Trinajstić information content (AvgIpc) is 2.15. The molecule has 0 amide bonds. The normalized spacial score (nSPS) is 11.3. The van der Waals surface area contributed by atoms with Crippen molar-refractivity contribution in [3.05, 3.63) is 46.0 Å². The Labute approximate surface area is 99.1 Å². The summed E-state index contributed by atoms with van der Waals surface area (Å²) < 4.78 is 38.2. The van der Waals surface area contributed by atoms with Crippen molar-refractivity contribution in [1.29, 1.82) is 0 Å². The van der Waals surface area contributed by atoms with Gasteiger partial charge in [-0.05, 0) is 30.7 Å². The van der Waals surface area contributed by atoms with E-state index >= 15 is 0 Å². The molecule has 0 bridgehead atoms. The number of Topliss-reactive ketones (excluding diaryl/α,β-unsaturated/α-hetero) is 1. The van der Waals surface area contributed by atoms with Gasteiger partial charge in [0.2, 0.25) is 0 Å². The average molecular weight is 293 g/mol. The van der Waals surface area contributed by atoms with E-state index in [1.165, 1.54) is 13.0 Å². The molecule has 0 unspecified atom stereocenters. The number of halogens is 4. The Morgan fingerprint density at radius 2 is 1.94 bits per heavy atom. The summed E-state index contributed by atoms with van der Waals surface area (Å²) in [4.78, 5) is 11.5. The van der Waals surface area contributed by atoms with Gasteiger partial charge in [-0.25, -0.2) is 0 Å². The number of hydrogen-bond acceptors (Lipinski definition) is 1. The van der Waals surface area contributed by atoms with E-state index in [4.69, 9.17) is 0 Å². The lowest BCUT2D eigenvalue weighted by Gasteiger charge is -2.12. The Bertz CT molecular complexity index is 449. The molecule has 0 spiro atoms. The third-order valence-electron chi connectivity index (χ3n) is 1.92. The largest absolute Gasteiger partial charge is 0.417 e. The van der Waals surface area contributed by atoms with Crippen molar-refractivity contribution in [1.82, 2.24) is 0 Å². The molecule has 0 heterocycles. The van der Waals surface area contributed by atoms with Gasteiger partial charge in [-0.3, -0.25) is 4.79 Å². The topological polar surface area (TPSA) is 17.1 Å². The summed E-state index contributed by atoms with van der Waals surface area (Å²) >= 11 is 2.94. The summed E-state index contributed by atoms with van der Waals surface area (Å²) in [6, 6.07) is 3.42. The molecular weight excluding hydrogens is 285 g/mol. The first-order valence-electron chi connectivity index (χ1n) is 4.30. The fraction of sp³-hybridized carbons (Fsp3) is 0.182. The molecule has 1 nitrogen and oxygen atoms in total. The molecule has 0 aliphatic rings. The molecule has 0 aromatic heterocycles. The highest BCUT2D eigenvalue weighted by atomic mass is 79.9. The summed E-state index contributed by atoms with van der Waals surface area (Å²) in [6.07, 6.45) is -4.55. The van der Waals surface area contributed by atoms with Crippen molar-refractivity contribution < 1.29 is 18.0 Å². The molecule has 0 saturated heterocycles. The molecule has 0 fully saturated rings. The van der Waals surface area contributed by atoms with Crippen LogP contribution in [0.15, 0.2) is 34.8 Å².